The van der Waals surface area contributed by atoms with Gasteiger partial charge in [0.25, 0.3) is 0 Å². The molecule has 146 valence electrons. The van der Waals surface area contributed by atoms with Gasteiger partial charge in [0.05, 0.1) is 26.1 Å². The van der Waals surface area contributed by atoms with Gasteiger partial charge < -0.3 is 25.1 Å². The maximum Gasteiger partial charge on any atom is 0.351 e. The van der Waals surface area contributed by atoms with Gasteiger partial charge in [0.1, 0.15) is 18.5 Å². The number of nitrogens with two attached hydrogens (primary N) is 1. The number of esters is 2. The molecule has 10 nitrogen and oxygen atoms in total. The molecule has 1 aromatic heterocycles. The van der Waals surface area contributed by atoms with Crippen LogP contribution in [0.1, 0.15) is 39.3 Å². The first-order chi connectivity index (χ1) is 12.4. The summed E-state index contributed by atoms with van der Waals surface area (Å²) in [6.07, 6.45) is -1.06. The number of anilines is 1. The molecule has 1 saturated heterocycles. The monoisotopic (exact) mass is 371 g/mol. The molecule has 1 aliphatic rings. The SMILES string of the molecule is CC.COC(=O)CCC(=O)OCC1CC(O)C(n2ccc(N)nc2=O)O1. The number of hydrogen-bond donors (Lipinski definition) is 2. The number of rotatable bonds is 6. The van der Waals surface area contributed by atoms with Crippen molar-refractivity contribution in [1.29, 1.82) is 0 Å². The van der Waals surface area contributed by atoms with E-state index in [0.29, 0.717) is 0 Å². The molecule has 3 atom stereocenters. The number of aliphatic hydroxyl groups excluding tert-OH is 1. The molecule has 1 aliphatic heterocycles. The molecule has 10 heteroatoms. The van der Waals surface area contributed by atoms with E-state index in [1.54, 1.807) is 0 Å². The van der Waals surface area contributed by atoms with Crippen LogP contribution in [0.25, 0.3) is 0 Å². The lowest BCUT2D eigenvalue weighted by molar-refractivity contribution is -0.152. The lowest BCUT2D eigenvalue weighted by Gasteiger charge is -2.17. The van der Waals surface area contributed by atoms with Crippen molar-refractivity contribution in [3.05, 3.63) is 22.7 Å². The molecule has 3 unspecified atom stereocenters. The van der Waals surface area contributed by atoms with Crippen molar-refractivity contribution in [2.75, 3.05) is 19.5 Å². The molecule has 1 aromatic rings. The van der Waals surface area contributed by atoms with E-state index in [4.69, 9.17) is 15.2 Å². The Morgan fingerprint density at radius 3 is 2.65 bits per heavy atom. The molecule has 26 heavy (non-hydrogen) atoms. The summed E-state index contributed by atoms with van der Waals surface area (Å²) in [7, 11) is 1.23. The van der Waals surface area contributed by atoms with Gasteiger partial charge in [0.15, 0.2) is 6.23 Å². The van der Waals surface area contributed by atoms with Crippen molar-refractivity contribution in [2.24, 2.45) is 0 Å². The van der Waals surface area contributed by atoms with E-state index < -0.39 is 36.1 Å². The van der Waals surface area contributed by atoms with Gasteiger partial charge in [0.2, 0.25) is 0 Å². The summed E-state index contributed by atoms with van der Waals surface area (Å²) >= 11 is 0. The highest BCUT2D eigenvalue weighted by Crippen LogP contribution is 2.28. The predicted molar refractivity (Wildman–Crippen MR) is 91.0 cm³/mol. The van der Waals surface area contributed by atoms with Gasteiger partial charge in [-0.25, -0.2) is 4.79 Å². The van der Waals surface area contributed by atoms with Crippen molar-refractivity contribution < 1.29 is 28.9 Å². The molecule has 0 saturated carbocycles. The smallest absolute Gasteiger partial charge is 0.351 e. The molecular formula is C16H25N3O7. The van der Waals surface area contributed by atoms with E-state index in [1.165, 1.54) is 19.4 Å². The quantitative estimate of drug-likeness (QED) is 0.660. The van der Waals surface area contributed by atoms with Crippen LogP contribution in [-0.4, -0.2) is 52.5 Å². The maximum atomic E-state index is 11.8. The molecule has 2 rings (SSSR count). The van der Waals surface area contributed by atoms with Crippen molar-refractivity contribution in [3.8, 4) is 0 Å². The first-order valence-corrected chi connectivity index (χ1v) is 8.31. The van der Waals surface area contributed by atoms with Gasteiger partial charge in [-0.05, 0) is 6.07 Å². The van der Waals surface area contributed by atoms with Crippen LogP contribution in [-0.2, 0) is 23.8 Å². The molecule has 0 amide bonds. The zero-order chi connectivity index (χ0) is 19.7. The molecule has 0 spiro atoms. The summed E-state index contributed by atoms with van der Waals surface area (Å²) in [5, 5.41) is 10.0. The minimum atomic E-state index is -0.952. The van der Waals surface area contributed by atoms with Crippen LogP contribution in [0.5, 0.6) is 0 Å². The summed E-state index contributed by atoms with van der Waals surface area (Å²) in [5.41, 5.74) is 4.77. The van der Waals surface area contributed by atoms with E-state index in [0.717, 1.165) is 4.57 Å². The van der Waals surface area contributed by atoms with E-state index in [9.17, 15) is 19.5 Å². The number of ether oxygens (including phenoxy) is 3. The summed E-state index contributed by atoms with van der Waals surface area (Å²) < 4.78 is 16.1. The van der Waals surface area contributed by atoms with Crippen LogP contribution in [0.2, 0.25) is 0 Å². The molecule has 3 N–H and O–H groups in total. The highest BCUT2D eigenvalue weighted by Gasteiger charge is 2.36. The summed E-state index contributed by atoms with van der Waals surface area (Å²) in [6, 6.07) is 1.41. The van der Waals surface area contributed by atoms with Crippen LogP contribution < -0.4 is 11.4 Å². The van der Waals surface area contributed by atoms with Gasteiger partial charge in [-0.3, -0.25) is 14.2 Å². The average Bonchev–Trinajstić information content (AvgIpc) is 3.00. The van der Waals surface area contributed by atoms with Crippen molar-refractivity contribution in [1.82, 2.24) is 9.55 Å². The second-order valence-electron chi connectivity index (χ2n) is 5.25. The molecule has 1 fully saturated rings. The fourth-order valence-corrected chi connectivity index (χ4v) is 2.27. The minimum absolute atomic E-state index is 0.0693. The van der Waals surface area contributed by atoms with Crippen LogP contribution >= 0.6 is 0 Å². The van der Waals surface area contributed by atoms with Crippen LogP contribution in [0.15, 0.2) is 17.1 Å². The summed E-state index contributed by atoms with van der Waals surface area (Å²) in [4.78, 5) is 37.8. The van der Waals surface area contributed by atoms with E-state index in [-0.39, 0.29) is 31.7 Å². The number of methoxy groups -OCH3 is 1. The Hall–Kier alpha value is -2.46. The normalized spacial score (nSPS) is 21.5. The van der Waals surface area contributed by atoms with Crippen LogP contribution in [0.4, 0.5) is 5.82 Å². The second kappa shape index (κ2) is 10.5. The Bertz CT molecular complexity index is 661. The van der Waals surface area contributed by atoms with Gasteiger partial charge in [0, 0.05) is 12.6 Å². The fraction of sp³-hybridized carbons (Fsp3) is 0.625. The highest BCUT2D eigenvalue weighted by molar-refractivity contribution is 5.77. The topological polar surface area (TPSA) is 143 Å². The first kappa shape index (κ1) is 21.6. The Labute approximate surface area is 150 Å². The first-order valence-electron chi connectivity index (χ1n) is 8.31. The third-order valence-electron chi connectivity index (χ3n) is 3.48. The number of nitrogen functional groups attached to an aromatic ring is 1. The zero-order valence-corrected chi connectivity index (χ0v) is 15.1. The molecular weight excluding hydrogens is 346 g/mol. The fourth-order valence-electron chi connectivity index (χ4n) is 2.27. The standard InChI is InChI=1S/C14H19N3O7.C2H6/c1-22-11(19)2-3-12(20)23-7-8-6-9(18)13(24-8)17-5-4-10(15)16-14(17)21;1-2/h4-5,8-9,13,18H,2-3,6-7H2,1H3,(H2,15,16,21);1-2H3. The Morgan fingerprint density at radius 1 is 1.38 bits per heavy atom. The van der Waals surface area contributed by atoms with Crippen LogP contribution in [0.3, 0.4) is 0 Å². The number of aliphatic hydroxyl groups is 1. The van der Waals surface area contributed by atoms with Crippen LogP contribution in [0, 0.1) is 0 Å². The summed E-state index contributed by atoms with van der Waals surface area (Å²) in [5.74, 6) is -1.01. The predicted octanol–water partition coefficient (Wildman–Crippen LogP) is -0.00350. The third kappa shape index (κ3) is 6.12. The molecule has 0 aliphatic carbocycles. The van der Waals surface area contributed by atoms with Gasteiger partial charge in [-0.15, -0.1) is 0 Å². The molecule has 0 aromatic carbocycles. The second-order valence-corrected chi connectivity index (χ2v) is 5.25. The number of hydrogen-bond acceptors (Lipinski definition) is 9. The average molecular weight is 371 g/mol. The van der Waals surface area contributed by atoms with Gasteiger partial charge in [-0.2, -0.15) is 4.98 Å². The maximum absolute atomic E-state index is 11.8. The molecule has 0 radical (unpaired) electrons. The number of aromatic nitrogens is 2. The zero-order valence-electron chi connectivity index (χ0n) is 15.1. The molecule has 0 bridgehead atoms. The minimum Gasteiger partial charge on any atom is -0.469 e. The van der Waals surface area contributed by atoms with Crippen molar-refractivity contribution >= 4 is 17.8 Å². The lowest BCUT2D eigenvalue weighted by atomic mass is 10.2. The largest absolute Gasteiger partial charge is 0.469 e. The summed E-state index contributed by atoms with van der Waals surface area (Å²) in [6.45, 7) is 3.91. The third-order valence-corrected chi connectivity index (χ3v) is 3.48. The number of carbonyl (C=O) groups excluding carboxylic acids is 2. The van der Waals surface area contributed by atoms with E-state index >= 15 is 0 Å². The number of nitrogens with zero attached hydrogens (tertiary/aromatic N) is 2. The van der Waals surface area contributed by atoms with E-state index in [2.05, 4.69) is 9.72 Å². The van der Waals surface area contributed by atoms with E-state index in [1.807, 2.05) is 13.8 Å². The Balaban J connectivity index is 0.00000163. The highest BCUT2D eigenvalue weighted by atomic mass is 16.6. The van der Waals surface area contributed by atoms with Gasteiger partial charge >= 0.3 is 17.6 Å². The Morgan fingerprint density at radius 2 is 2.04 bits per heavy atom. The Kier molecular flexibility index (Phi) is 8.73. The number of carbonyl (C=O) groups is 2. The van der Waals surface area contributed by atoms with Gasteiger partial charge in [-0.1, -0.05) is 13.8 Å². The molecule has 2 heterocycles. The van der Waals surface area contributed by atoms with Crippen molar-refractivity contribution in [3.63, 3.8) is 0 Å². The lowest BCUT2D eigenvalue weighted by Crippen LogP contribution is -2.31. The van der Waals surface area contributed by atoms with Crippen molar-refractivity contribution in [2.45, 2.75) is 51.5 Å².